The first-order valence-corrected chi connectivity index (χ1v) is 2.94. The highest BCUT2D eigenvalue weighted by atomic mass is 16.3. The molecule has 0 bridgehead atoms. The van der Waals surface area contributed by atoms with Crippen LogP contribution >= 0.6 is 0 Å². The summed E-state index contributed by atoms with van der Waals surface area (Å²) in [5.74, 6) is -0.477. The highest BCUT2D eigenvalue weighted by Crippen LogP contribution is 2.06. The second-order valence-corrected chi connectivity index (χ2v) is 2.23. The molecule has 0 saturated heterocycles. The number of carbonyl (C=O) groups is 1. The number of hydrogen-bond donors (Lipinski definition) is 2. The van der Waals surface area contributed by atoms with Crippen LogP contribution in [0.4, 0.5) is 0 Å². The van der Waals surface area contributed by atoms with Gasteiger partial charge in [0.15, 0.2) is 6.10 Å². The summed E-state index contributed by atoms with van der Waals surface area (Å²) in [6.45, 7) is 0. The Morgan fingerprint density at radius 3 is 2.70 bits per heavy atom. The lowest BCUT2D eigenvalue weighted by Gasteiger charge is -2.23. The van der Waals surface area contributed by atoms with Crippen molar-refractivity contribution in [2.24, 2.45) is 0 Å². The Morgan fingerprint density at radius 2 is 2.20 bits per heavy atom. The fourth-order valence-electron chi connectivity index (χ4n) is 0.751. The number of amides is 1. The van der Waals surface area contributed by atoms with Gasteiger partial charge >= 0.3 is 0 Å². The molecule has 4 heteroatoms. The van der Waals surface area contributed by atoms with Crippen LogP contribution in [0.2, 0.25) is 0 Å². The predicted molar refractivity (Wildman–Crippen MR) is 33.9 cm³/mol. The van der Waals surface area contributed by atoms with Gasteiger partial charge in [0.2, 0.25) is 0 Å². The summed E-state index contributed by atoms with van der Waals surface area (Å²) in [5.41, 5.74) is 0. The van der Waals surface area contributed by atoms with E-state index in [1.807, 2.05) is 0 Å². The van der Waals surface area contributed by atoms with Crippen molar-refractivity contribution in [3.63, 3.8) is 0 Å². The van der Waals surface area contributed by atoms with Crippen molar-refractivity contribution in [2.75, 3.05) is 7.05 Å². The normalized spacial score (nSPS) is 33.1. The Hall–Kier alpha value is -0.870. The molecule has 0 saturated carbocycles. The van der Waals surface area contributed by atoms with Crippen LogP contribution in [-0.4, -0.2) is 40.3 Å². The molecule has 1 amide bonds. The van der Waals surface area contributed by atoms with Crippen LogP contribution in [0.5, 0.6) is 0 Å². The lowest BCUT2D eigenvalue weighted by Crippen LogP contribution is -2.43. The Bertz CT molecular complexity index is 178. The topological polar surface area (TPSA) is 60.8 Å². The minimum Gasteiger partial charge on any atom is -0.386 e. The van der Waals surface area contributed by atoms with Gasteiger partial charge in [0.05, 0.1) is 0 Å². The van der Waals surface area contributed by atoms with E-state index in [0.717, 1.165) is 0 Å². The van der Waals surface area contributed by atoms with E-state index in [0.29, 0.717) is 0 Å². The van der Waals surface area contributed by atoms with Crippen molar-refractivity contribution in [3.8, 4) is 0 Å². The summed E-state index contributed by atoms with van der Waals surface area (Å²) in [6, 6.07) is 0. The van der Waals surface area contributed by atoms with E-state index in [-0.39, 0.29) is 0 Å². The molecule has 0 aromatic heterocycles. The van der Waals surface area contributed by atoms with Crippen LogP contribution in [0, 0.1) is 0 Å². The molecule has 0 aromatic rings. The number of aliphatic hydroxyl groups excluding tert-OH is 2. The number of likely N-dealkylation sites (N-methyl/N-ethyl adjacent to an activating group) is 1. The first-order valence-electron chi connectivity index (χ1n) is 2.94. The predicted octanol–water partition coefficient (Wildman–Crippen LogP) is -1.31. The van der Waals surface area contributed by atoms with Crippen molar-refractivity contribution < 1.29 is 15.0 Å². The van der Waals surface area contributed by atoms with Crippen LogP contribution < -0.4 is 0 Å². The molecule has 0 radical (unpaired) electrons. The van der Waals surface area contributed by atoms with Crippen molar-refractivity contribution in [3.05, 3.63) is 12.3 Å². The standard InChI is InChI=1S/C6H9NO3/c1-7-3-2-4(8)5(9)6(7)10/h2-5,8-9H,1H3/t4-,5-/m0/s1. The fraction of sp³-hybridized carbons (Fsp3) is 0.500. The maximum Gasteiger partial charge on any atom is 0.258 e. The summed E-state index contributed by atoms with van der Waals surface area (Å²) >= 11 is 0. The molecule has 0 aromatic carbocycles. The van der Waals surface area contributed by atoms with Crippen molar-refractivity contribution in [1.82, 2.24) is 4.90 Å². The molecule has 1 rings (SSSR count). The van der Waals surface area contributed by atoms with E-state index in [4.69, 9.17) is 10.2 Å². The van der Waals surface area contributed by atoms with E-state index < -0.39 is 18.1 Å². The van der Waals surface area contributed by atoms with Crippen LogP contribution in [0.3, 0.4) is 0 Å². The molecule has 2 N–H and O–H groups in total. The van der Waals surface area contributed by atoms with Crippen molar-refractivity contribution in [2.45, 2.75) is 12.2 Å². The van der Waals surface area contributed by atoms with Gasteiger partial charge in [-0.2, -0.15) is 0 Å². The number of hydrogen-bond acceptors (Lipinski definition) is 3. The second kappa shape index (κ2) is 2.40. The van der Waals surface area contributed by atoms with Crippen LogP contribution in [0.15, 0.2) is 12.3 Å². The van der Waals surface area contributed by atoms with E-state index in [1.165, 1.54) is 24.2 Å². The average Bonchev–Trinajstić information content (AvgIpc) is 1.93. The van der Waals surface area contributed by atoms with E-state index >= 15 is 0 Å². The molecule has 1 heterocycles. The largest absolute Gasteiger partial charge is 0.386 e. The summed E-state index contributed by atoms with van der Waals surface area (Å²) in [7, 11) is 1.52. The van der Waals surface area contributed by atoms with Gasteiger partial charge < -0.3 is 15.1 Å². The van der Waals surface area contributed by atoms with Crippen LogP contribution in [-0.2, 0) is 4.79 Å². The summed E-state index contributed by atoms with van der Waals surface area (Å²) < 4.78 is 0. The Kier molecular flexibility index (Phi) is 1.74. The minimum absolute atomic E-state index is 0.477. The zero-order valence-electron chi connectivity index (χ0n) is 5.56. The zero-order chi connectivity index (χ0) is 7.72. The SMILES string of the molecule is CN1C=C[C@H](O)[C@H](O)C1=O. The third-order valence-electron chi connectivity index (χ3n) is 1.43. The molecule has 1 aliphatic rings. The maximum atomic E-state index is 10.8. The summed E-state index contributed by atoms with van der Waals surface area (Å²) in [5, 5.41) is 17.8. The van der Waals surface area contributed by atoms with Crippen molar-refractivity contribution in [1.29, 1.82) is 0 Å². The van der Waals surface area contributed by atoms with Gasteiger partial charge in [-0.15, -0.1) is 0 Å². The van der Waals surface area contributed by atoms with Gasteiger partial charge in [-0.25, -0.2) is 0 Å². The third kappa shape index (κ3) is 1.03. The number of nitrogens with zero attached hydrogens (tertiary/aromatic N) is 1. The van der Waals surface area contributed by atoms with Crippen LogP contribution in [0.1, 0.15) is 0 Å². The Morgan fingerprint density at radius 1 is 1.60 bits per heavy atom. The summed E-state index contributed by atoms with van der Waals surface area (Å²) in [6.07, 6.45) is 0.449. The van der Waals surface area contributed by atoms with E-state index in [1.54, 1.807) is 0 Å². The fourth-order valence-corrected chi connectivity index (χ4v) is 0.751. The van der Waals surface area contributed by atoms with E-state index in [2.05, 4.69) is 0 Å². The molecule has 2 atom stereocenters. The number of carbonyl (C=O) groups excluding carboxylic acids is 1. The molecule has 0 fully saturated rings. The lowest BCUT2D eigenvalue weighted by atomic mass is 10.1. The molecule has 56 valence electrons. The van der Waals surface area contributed by atoms with E-state index in [9.17, 15) is 4.79 Å². The molecule has 0 spiro atoms. The van der Waals surface area contributed by atoms with Crippen molar-refractivity contribution >= 4 is 5.91 Å². The zero-order valence-corrected chi connectivity index (χ0v) is 5.56. The first-order chi connectivity index (χ1) is 4.63. The Labute approximate surface area is 58.4 Å². The highest BCUT2D eigenvalue weighted by Gasteiger charge is 2.27. The quantitative estimate of drug-likeness (QED) is 0.443. The van der Waals surface area contributed by atoms with Gasteiger partial charge in [0.1, 0.15) is 6.10 Å². The number of aliphatic hydroxyl groups is 2. The minimum atomic E-state index is -1.30. The molecular weight excluding hydrogens is 134 g/mol. The van der Waals surface area contributed by atoms with Gasteiger partial charge in [-0.1, -0.05) is 0 Å². The van der Waals surface area contributed by atoms with Gasteiger partial charge in [-0.05, 0) is 6.08 Å². The summed E-state index contributed by atoms with van der Waals surface area (Å²) in [4.78, 5) is 12.0. The van der Waals surface area contributed by atoms with Crippen LogP contribution in [0.25, 0.3) is 0 Å². The van der Waals surface area contributed by atoms with Gasteiger partial charge in [0.25, 0.3) is 5.91 Å². The Balaban J connectivity index is 2.79. The highest BCUT2D eigenvalue weighted by molar-refractivity contribution is 5.83. The molecule has 1 aliphatic heterocycles. The number of rotatable bonds is 0. The second-order valence-electron chi connectivity index (χ2n) is 2.23. The van der Waals surface area contributed by atoms with Gasteiger partial charge in [0, 0.05) is 13.2 Å². The lowest BCUT2D eigenvalue weighted by molar-refractivity contribution is -0.142. The molecule has 0 aliphatic carbocycles. The molecule has 0 unspecified atom stereocenters. The van der Waals surface area contributed by atoms with Gasteiger partial charge in [-0.3, -0.25) is 4.79 Å². The monoisotopic (exact) mass is 143 g/mol. The molecule has 10 heavy (non-hydrogen) atoms. The molecule has 4 nitrogen and oxygen atoms in total. The average molecular weight is 143 g/mol. The maximum absolute atomic E-state index is 10.8. The third-order valence-corrected chi connectivity index (χ3v) is 1.43. The first kappa shape index (κ1) is 7.24. The molecular formula is C6H9NO3. The smallest absolute Gasteiger partial charge is 0.258 e.